The summed E-state index contributed by atoms with van der Waals surface area (Å²) in [6.45, 7) is 4.28. The number of hydrogen-bond acceptors (Lipinski definition) is 4. The maximum atomic E-state index is 13.6. The van der Waals surface area contributed by atoms with E-state index in [2.05, 4.69) is 15.8 Å². The molecule has 0 aliphatic carbocycles. The zero-order chi connectivity index (χ0) is 13.1. The number of aliphatic imine (C=N–C) groups is 1. The average molecular weight is 260 g/mol. The first-order valence-corrected chi connectivity index (χ1v) is 5.63. The van der Waals surface area contributed by atoms with E-state index < -0.39 is 6.01 Å². The fourth-order valence-corrected chi connectivity index (χ4v) is 2.16. The van der Waals surface area contributed by atoms with Gasteiger partial charge in [-0.2, -0.15) is 9.65 Å². The van der Waals surface area contributed by atoms with E-state index in [0.29, 0.717) is 13.0 Å². The molecule has 0 amide bonds. The molecule has 0 bridgehead atoms. The lowest BCUT2D eigenvalue weighted by molar-refractivity contribution is 0.153. The summed E-state index contributed by atoms with van der Waals surface area (Å²) in [6.07, 6.45) is 0.655. The molecule has 1 rings (SSSR count). The van der Waals surface area contributed by atoms with Crippen LogP contribution in [0, 0.1) is 17.2 Å². The van der Waals surface area contributed by atoms with E-state index in [-0.39, 0.29) is 17.3 Å². The number of nitriles is 1. The molecule has 6 heteroatoms. The lowest BCUT2D eigenvalue weighted by Gasteiger charge is -2.32. The van der Waals surface area contributed by atoms with Gasteiger partial charge in [0.15, 0.2) is 0 Å². The molecule has 0 spiro atoms. The molecule has 1 heterocycles. The molecule has 17 heavy (non-hydrogen) atoms. The van der Waals surface area contributed by atoms with Gasteiger partial charge >= 0.3 is 6.01 Å². The van der Waals surface area contributed by atoms with Gasteiger partial charge in [-0.15, -0.1) is 0 Å². The van der Waals surface area contributed by atoms with Crippen molar-refractivity contribution in [1.29, 1.82) is 5.26 Å². The molecule has 0 aromatic heterocycles. The molecule has 1 atom stereocenters. The quantitative estimate of drug-likeness (QED) is 0.578. The first-order chi connectivity index (χ1) is 7.96. The summed E-state index contributed by atoms with van der Waals surface area (Å²) in [7, 11) is 1.23. The maximum absolute atomic E-state index is 13.6. The fourth-order valence-electron chi connectivity index (χ4n) is 2.07. The lowest BCUT2D eigenvalue weighted by atomic mass is 9.97. The second-order valence-electron chi connectivity index (χ2n) is 4.48. The smallest absolute Gasteiger partial charge is 0.316 e. The third kappa shape index (κ3) is 2.89. The molecule has 0 aromatic rings. The van der Waals surface area contributed by atoms with E-state index in [0.717, 1.165) is 5.67 Å². The minimum atomic E-state index is -0.798. The van der Waals surface area contributed by atoms with E-state index in [4.69, 9.17) is 16.9 Å². The number of nitrogens with zero attached hydrogens (tertiary/aromatic N) is 3. The van der Waals surface area contributed by atoms with Crippen LogP contribution < -0.4 is 0 Å². The molecule has 94 valence electrons. The Morgan fingerprint density at radius 2 is 2.35 bits per heavy atom. The van der Waals surface area contributed by atoms with Crippen molar-refractivity contribution >= 4 is 17.3 Å². The van der Waals surface area contributed by atoms with Crippen molar-refractivity contribution in [3.63, 3.8) is 0 Å². The molecule has 0 radical (unpaired) electrons. The van der Waals surface area contributed by atoms with Crippen LogP contribution >= 0.6 is 11.6 Å². The van der Waals surface area contributed by atoms with Crippen LogP contribution in [0.4, 0.5) is 4.39 Å². The van der Waals surface area contributed by atoms with Crippen LogP contribution in [0.25, 0.3) is 0 Å². The first-order valence-electron chi connectivity index (χ1n) is 5.20. The number of likely N-dealkylation sites (tertiary alicyclic amines) is 1. The van der Waals surface area contributed by atoms with Gasteiger partial charge in [0.05, 0.1) is 24.8 Å². The van der Waals surface area contributed by atoms with Gasteiger partial charge in [0.25, 0.3) is 0 Å². The average Bonchev–Trinajstić information content (AvgIpc) is 2.60. The minimum Gasteiger partial charge on any atom is -0.471 e. The van der Waals surface area contributed by atoms with Gasteiger partial charge in [-0.1, -0.05) is 11.6 Å². The van der Waals surface area contributed by atoms with Crippen molar-refractivity contribution in [1.82, 2.24) is 4.90 Å². The molecule has 1 fully saturated rings. The first kappa shape index (κ1) is 13.8. The fraction of sp³-hybridized carbons (Fsp3) is 0.636. The summed E-state index contributed by atoms with van der Waals surface area (Å²) >= 11 is 5.40. The third-order valence-electron chi connectivity index (χ3n) is 2.84. The van der Waals surface area contributed by atoms with Gasteiger partial charge in [-0.25, -0.2) is 4.99 Å². The second kappa shape index (κ2) is 5.37. The SMILES string of the molecule is CO/C(F)=C(/N=C/Cl)N1CC(C#N)CC1(C)C. The van der Waals surface area contributed by atoms with Crippen molar-refractivity contribution in [3.05, 3.63) is 11.8 Å². The molecule has 1 unspecified atom stereocenters. The van der Waals surface area contributed by atoms with Crippen molar-refractivity contribution in [2.45, 2.75) is 25.8 Å². The summed E-state index contributed by atoms with van der Waals surface area (Å²) in [5.41, 5.74) is 0.638. The van der Waals surface area contributed by atoms with Gasteiger partial charge in [-0.3, -0.25) is 0 Å². The van der Waals surface area contributed by atoms with Crippen molar-refractivity contribution in [2.24, 2.45) is 10.9 Å². The number of hydrogen-bond donors (Lipinski definition) is 0. The lowest BCUT2D eigenvalue weighted by Crippen LogP contribution is -2.37. The number of halogens is 2. The Morgan fingerprint density at radius 3 is 2.76 bits per heavy atom. The molecule has 0 aromatic carbocycles. The van der Waals surface area contributed by atoms with Crippen molar-refractivity contribution in [2.75, 3.05) is 13.7 Å². The number of methoxy groups -OCH3 is 1. The summed E-state index contributed by atoms with van der Waals surface area (Å²) < 4.78 is 18.1. The van der Waals surface area contributed by atoms with Gasteiger partial charge in [0.2, 0.25) is 5.82 Å². The van der Waals surface area contributed by atoms with E-state index in [9.17, 15) is 4.39 Å². The van der Waals surface area contributed by atoms with Crippen LogP contribution in [-0.2, 0) is 4.74 Å². The third-order valence-corrected chi connectivity index (χ3v) is 2.94. The summed E-state index contributed by atoms with van der Waals surface area (Å²) in [5, 5.41) is 8.94. The monoisotopic (exact) mass is 259 g/mol. The molecule has 1 aliphatic heterocycles. The normalized spacial score (nSPS) is 24.7. The number of ether oxygens (including phenoxy) is 1. The molecule has 1 aliphatic rings. The standard InChI is InChI=1S/C11H15ClFN3O/c1-11(2)4-8(5-14)6-16(11)10(15-7-12)9(13)17-3/h7-8H,4,6H2,1-3H3/b10-9-,15-7+. The molecule has 0 saturated carbocycles. The summed E-state index contributed by atoms with van der Waals surface area (Å²) in [4.78, 5) is 5.48. The highest BCUT2D eigenvalue weighted by atomic mass is 35.5. The topological polar surface area (TPSA) is 48.6 Å². The predicted molar refractivity (Wildman–Crippen MR) is 64.0 cm³/mol. The van der Waals surface area contributed by atoms with Crippen LogP contribution in [0.15, 0.2) is 16.8 Å². The second-order valence-corrected chi connectivity index (χ2v) is 4.68. The largest absolute Gasteiger partial charge is 0.471 e. The van der Waals surface area contributed by atoms with Gasteiger partial charge in [-0.05, 0) is 20.3 Å². The zero-order valence-corrected chi connectivity index (χ0v) is 10.8. The van der Waals surface area contributed by atoms with E-state index in [1.165, 1.54) is 7.11 Å². The highest BCUT2D eigenvalue weighted by Crippen LogP contribution is 2.36. The van der Waals surface area contributed by atoms with E-state index >= 15 is 0 Å². The van der Waals surface area contributed by atoms with Gasteiger partial charge in [0.1, 0.15) is 0 Å². The predicted octanol–water partition coefficient (Wildman–Crippen LogP) is 2.62. The van der Waals surface area contributed by atoms with Gasteiger partial charge in [0, 0.05) is 12.1 Å². The Kier molecular flexibility index (Phi) is 4.35. The Labute approximate surface area is 105 Å². The summed E-state index contributed by atoms with van der Waals surface area (Å²) in [6, 6.07) is 1.39. The molecular formula is C11H15ClFN3O. The van der Waals surface area contributed by atoms with E-state index in [1.807, 2.05) is 13.8 Å². The maximum Gasteiger partial charge on any atom is 0.316 e. The van der Waals surface area contributed by atoms with Crippen LogP contribution in [0.1, 0.15) is 20.3 Å². The van der Waals surface area contributed by atoms with Crippen LogP contribution in [0.5, 0.6) is 0 Å². The van der Waals surface area contributed by atoms with Gasteiger partial charge < -0.3 is 9.64 Å². The Morgan fingerprint density at radius 1 is 1.71 bits per heavy atom. The molecule has 1 saturated heterocycles. The zero-order valence-electron chi connectivity index (χ0n) is 10.1. The Balaban J connectivity index is 3.09. The Bertz CT molecular complexity index is 387. The van der Waals surface area contributed by atoms with Crippen LogP contribution in [-0.4, -0.2) is 29.8 Å². The van der Waals surface area contributed by atoms with Crippen LogP contribution in [0.2, 0.25) is 0 Å². The summed E-state index contributed by atoms with van der Waals surface area (Å²) in [5.74, 6) is -0.111. The Hall–Kier alpha value is -1.28. The van der Waals surface area contributed by atoms with Crippen molar-refractivity contribution < 1.29 is 9.13 Å². The molecule has 0 N–H and O–H groups in total. The number of rotatable bonds is 3. The molecular weight excluding hydrogens is 245 g/mol. The van der Waals surface area contributed by atoms with E-state index in [1.54, 1.807) is 4.90 Å². The highest BCUT2D eigenvalue weighted by Gasteiger charge is 2.41. The molecule has 4 nitrogen and oxygen atoms in total. The van der Waals surface area contributed by atoms with Crippen molar-refractivity contribution in [3.8, 4) is 6.07 Å². The highest BCUT2D eigenvalue weighted by molar-refractivity contribution is 6.56. The minimum absolute atomic E-state index is 0.0326. The van der Waals surface area contributed by atoms with Crippen LogP contribution in [0.3, 0.4) is 0 Å².